The van der Waals surface area contributed by atoms with Crippen LogP contribution in [0.25, 0.3) is 0 Å². The molecular formula is C18H31NO2. The summed E-state index contributed by atoms with van der Waals surface area (Å²) in [5.41, 5.74) is 1.56. The lowest BCUT2D eigenvalue weighted by Gasteiger charge is -2.47. The molecule has 0 aromatic carbocycles. The highest BCUT2D eigenvalue weighted by molar-refractivity contribution is 5.18. The molecule has 3 nitrogen and oxygen atoms in total. The van der Waals surface area contributed by atoms with Crippen molar-refractivity contribution in [2.45, 2.75) is 71.4 Å². The van der Waals surface area contributed by atoms with E-state index < -0.39 is 0 Å². The Morgan fingerprint density at radius 3 is 2.48 bits per heavy atom. The maximum Gasteiger partial charge on any atom is 0.0951 e. The van der Waals surface area contributed by atoms with Gasteiger partial charge in [-0.1, -0.05) is 20.8 Å². The van der Waals surface area contributed by atoms with E-state index in [1.54, 1.807) is 6.26 Å². The molecule has 1 atom stereocenters. The largest absolute Gasteiger partial charge is 0.472 e. The Hall–Kier alpha value is -0.800. The van der Waals surface area contributed by atoms with Gasteiger partial charge in [0, 0.05) is 12.2 Å². The van der Waals surface area contributed by atoms with Crippen molar-refractivity contribution in [2.24, 2.45) is 5.41 Å². The highest BCUT2D eigenvalue weighted by Crippen LogP contribution is 2.47. The predicted molar refractivity (Wildman–Crippen MR) is 86.3 cm³/mol. The van der Waals surface area contributed by atoms with E-state index in [2.05, 4.69) is 39.1 Å². The van der Waals surface area contributed by atoms with Crippen molar-refractivity contribution in [3.63, 3.8) is 0 Å². The zero-order valence-electron chi connectivity index (χ0n) is 14.1. The average Bonchev–Trinajstić information content (AvgIpc) is 2.97. The first-order valence-corrected chi connectivity index (χ1v) is 8.42. The van der Waals surface area contributed by atoms with Crippen molar-refractivity contribution in [2.75, 3.05) is 13.2 Å². The van der Waals surface area contributed by atoms with Crippen LogP contribution in [0.4, 0.5) is 0 Å². The van der Waals surface area contributed by atoms with Crippen LogP contribution in [0.5, 0.6) is 0 Å². The Bertz CT molecular complexity index is 401. The van der Waals surface area contributed by atoms with Gasteiger partial charge in [-0.15, -0.1) is 0 Å². The van der Waals surface area contributed by atoms with Crippen LogP contribution in [0.15, 0.2) is 23.0 Å². The molecular weight excluding hydrogens is 262 g/mol. The standard InChI is InChI=1S/C18H31NO2/c1-5-12-19-16(15-7-13-20-14-15)18(21-6-2)10-8-17(3,4)9-11-18/h7,13-14,16,19H,5-6,8-12H2,1-4H3. The molecule has 1 aromatic heterocycles. The molecule has 120 valence electrons. The molecule has 1 aliphatic carbocycles. The maximum absolute atomic E-state index is 6.34. The minimum absolute atomic E-state index is 0.0939. The molecule has 0 aliphatic heterocycles. The number of ether oxygens (including phenoxy) is 1. The van der Waals surface area contributed by atoms with E-state index in [4.69, 9.17) is 9.15 Å². The van der Waals surface area contributed by atoms with Crippen molar-refractivity contribution in [3.8, 4) is 0 Å². The molecule has 21 heavy (non-hydrogen) atoms. The third-order valence-electron chi connectivity index (χ3n) is 4.88. The normalized spacial score (nSPS) is 22.1. The topological polar surface area (TPSA) is 34.4 Å². The Morgan fingerprint density at radius 2 is 1.95 bits per heavy atom. The molecule has 0 saturated heterocycles. The van der Waals surface area contributed by atoms with Crippen molar-refractivity contribution in [3.05, 3.63) is 24.2 Å². The maximum atomic E-state index is 6.34. The third kappa shape index (κ3) is 3.89. The lowest BCUT2D eigenvalue weighted by atomic mass is 9.67. The zero-order chi connectivity index (χ0) is 15.3. The quantitative estimate of drug-likeness (QED) is 0.791. The summed E-state index contributed by atoms with van der Waals surface area (Å²) >= 11 is 0. The van der Waals surface area contributed by atoms with Gasteiger partial charge in [-0.25, -0.2) is 0 Å². The smallest absolute Gasteiger partial charge is 0.0951 e. The van der Waals surface area contributed by atoms with E-state index in [0.29, 0.717) is 5.41 Å². The lowest BCUT2D eigenvalue weighted by molar-refractivity contribution is -0.108. The Morgan fingerprint density at radius 1 is 1.24 bits per heavy atom. The van der Waals surface area contributed by atoms with Gasteiger partial charge in [-0.2, -0.15) is 0 Å². The highest BCUT2D eigenvalue weighted by atomic mass is 16.5. The first-order valence-electron chi connectivity index (χ1n) is 8.42. The second-order valence-corrected chi connectivity index (χ2v) is 7.11. The van der Waals surface area contributed by atoms with E-state index in [1.165, 1.54) is 18.4 Å². The molecule has 0 spiro atoms. The first-order chi connectivity index (χ1) is 10.0. The minimum Gasteiger partial charge on any atom is -0.472 e. The minimum atomic E-state index is -0.0939. The fourth-order valence-electron chi connectivity index (χ4n) is 3.49. The summed E-state index contributed by atoms with van der Waals surface area (Å²) in [6, 6.07) is 2.31. The van der Waals surface area contributed by atoms with Gasteiger partial charge in [0.25, 0.3) is 0 Å². The van der Waals surface area contributed by atoms with Gasteiger partial charge in [-0.3, -0.25) is 0 Å². The SMILES string of the molecule is CCCNC(c1ccoc1)C1(OCC)CCC(C)(C)CC1. The molecule has 1 N–H and O–H groups in total. The van der Waals surface area contributed by atoms with Crippen LogP contribution >= 0.6 is 0 Å². The molecule has 3 heteroatoms. The summed E-state index contributed by atoms with van der Waals surface area (Å²) < 4.78 is 11.7. The van der Waals surface area contributed by atoms with Gasteiger partial charge < -0.3 is 14.5 Å². The molecule has 2 rings (SSSR count). The molecule has 1 saturated carbocycles. The second kappa shape index (κ2) is 6.97. The molecule has 1 fully saturated rings. The number of hydrogen-bond acceptors (Lipinski definition) is 3. The van der Waals surface area contributed by atoms with Crippen LogP contribution in [0, 0.1) is 5.41 Å². The van der Waals surface area contributed by atoms with Crippen LogP contribution in [-0.2, 0) is 4.74 Å². The van der Waals surface area contributed by atoms with Crippen molar-refractivity contribution in [1.29, 1.82) is 0 Å². The van der Waals surface area contributed by atoms with Crippen molar-refractivity contribution < 1.29 is 9.15 Å². The van der Waals surface area contributed by atoms with Crippen LogP contribution in [0.1, 0.15) is 71.4 Å². The van der Waals surface area contributed by atoms with Crippen molar-refractivity contribution in [1.82, 2.24) is 5.32 Å². The highest BCUT2D eigenvalue weighted by Gasteiger charge is 2.45. The summed E-state index contributed by atoms with van der Waals surface area (Å²) in [4.78, 5) is 0. The summed E-state index contributed by atoms with van der Waals surface area (Å²) in [6.07, 6.45) is 9.42. The summed E-state index contributed by atoms with van der Waals surface area (Å²) in [6.45, 7) is 10.8. The van der Waals surface area contributed by atoms with E-state index in [9.17, 15) is 0 Å². The van der Waals surface area contributed by atoms with Gasteiger partial charge in [0.1, 0.15) is 0 Å². The van der Waals surface area contributed by atoms with Crippen LogP contribution < -0.4 is 5.32 Å². The van der Waals surface area contributed by atoms with Crippen LogP contribution in [0.3, 0.4) is 0 Å². The Kier molecular flexibility index (Phi) is 5.50. The monoisotopic (exact) mass is 293 g/mol. The lowest BCUT2D eigenvalue weighted by Crippen LogP contribution is -2.49. The molecule has 0 amide bonds. The van der Waals surface area contributed by atoms with E-state index in [0.717, 1.165) is 32.4 Å². The Balaban J connectivity index is 2.24. The summed E-state index contributed by atoms with van der Waals surface area (Å²) in [5.74, 6) is 0. The van der Waals surface area contributed by atoms with E-state index >= 15 is 0 Å². The van der Waals surface area contributed by atoms with E-state index in [-0.39, 0.29) is 11.6 Å². The van der Waals surface area contributed by atoms with E-state index in [1.807, 2.05) is 6.26 Å². The molecule has 1 aliphatic rings. The molecule has 1 aromatic rings. The predicted octanol–water partition coefficient (Wildman–Crippen LogP) is 4.70. The summed E-state index contributed by atoms with van der Waals surface area (Å²) in [7, 11) is 0. The second-order valence-electron chi connectivity index (χ2n) is 7.11. The van der Waals surface area contributed by atoms with Gasteiger partial charge in [0.05, 0.1) is 24.2 Å². The number of hydrogen-bond donors (Lipinski definition) is 1. The van der Waals surface area contributed by atoms with Gasteiger partial charge in [0.15, 0.2) is 0 Å². The zero-order valence-corrected chi connectivity index (χ0v) is 14.1. The number of furan rings is 1. The molecule has 1 unspecified atom stereocenters. The average molecular weight is 293 g/mol. The fourth-order valence-corrected chi connectivity index (χ4v) is 3.49. The van der Waals surface area contributed by atoms with Gasteiger partial charge in [-0.05, 0) is 57.1 Å². The van der Waals surface area contributed by atoms with Crippen LogP contribution in [-0.4, -0.2) is 18.8 Å². The van der Waals surface area contributed by atoms with Gasteiger partial charge >= 0.3 is 0 Å². The number of nitrogens with one attached hydrogen (secondary N) is 1. The fraction of sp³-hybridized carbons (Fsp3) is 0.778. The van der Waals surface area contributed by atoms with Gasteiger partial charge in [0.2, 0.25) is 0 Å². The van der Waals surface area contributed by atoms with Crippen molar-refractivity contribution >= 4 is 0 Å². The summed E-state index contributed by atoms with van der Waals surface area (Å²) in [5, 5.41) is 3.71. The van der Waals surface area contributed by atoms with Crippen LogP contribution in [0.2, 0.25) is 0 Å². The molecule has 0 bridgehead atoms. The third-order valence-corrected chi connectivity index (χ3v) is 4.88. The molecule has 0 radical (unpaired) electrons. The first kappa shape index (κ1) is 16.6. The number of rotatable bonds is 7. The Labute approximate surface area is 129 Å². The molecule has 1 heterocycles.